The van der Waals surface area contributed by atoms with Gasteiger partial charge in [-0.1, -0.05) is 18.2 Å². The van der Waals surface area contributed by atoms with E-state index in [0.717, 1.165) is 32.5 Å². The SMILES string of the molecule is C[C@@]1(c2ncc(Cc3ccccc3F)o2)CCCN(C(=O)CN2CCCC2)C1. The molecule has 1 aromatic carbocycles. The third-order valence-corrected chi connectivity index (χ3v) is 6.00. The summed E-state index contributed by atoms with van der Waals surface area (Å²) in [5.74, 6) is 1.27. The quantitative estimate of drug-likeness (QED) is 0.792. The molecule has 1 aromatic heterocycles. The molecule has 0 N–H and O–H groups in total. The molecule has 0 spiro atoms. The molecule has 0 saturated carbocycles. The molecule has 4 rings (SSSR count). The minimum atomic E-state index is -0.299. The molecule has 1 atom stereocenters. The molecule has 0 unspecified atom stereocenters. The predicted molar refractivity (Wildman–Crippen MR) is 105 cm³/mol. The van der Waals surface area contributed by atoms with Crippen molar-refractivity contribution in [2.45, 2.75) is 44.4 Å². The molecular weight excluding hydrogens is 357 g/mol. The van der Waals surface area contributed by atoms with Crippen molar-refractivity contribution in [1.82, 2.24) is 14.8 Å². The first-order chi connectivity index (χ1) is 13.5. The van der Waals surface area contributed by atoms with Crippen molar-refractivity contribution in [2.24, 2.45) is 0 Å². The number of likely N-dealkylation sites (tertiary alicyclic amines) is 2. The fourth-order valence-corrected chi connectivity index (χ4v) is 4.36. The summed E-state index contributed by atoms with van der Waals surface area (Å²) in [7, 11) is 0. The van der Waals surface area contributed by atoms with E-state index in [1.54, 1.807) is 18.3 Å². The van der Waals surface area contributed by atoms with Gasteiger partial charge in [0.1, 0.15) is 11.6 Å². The van der Waals surface area contributed by atoms with Crippen LogP contribution in [0.15, 0.2) is 34.9 Å². The van der Waals surface area contributed by atoms with Crippen molar-refractivity contribution in [2.75, 3.05) is 32.7 Å². The number of aromatic nitrogens is 1. The molecule has 2 aromatic rings. The number of piperidine rings is 1. The van der Waals surface area contributed by atoms with E-state index in [1.807, 2.05) is 11.0 Å². The number of carbonyl (C=O) groups is 1. The Labute approximate surface area is 165 Å². The molecule has 150 valence electrons. The van der Waals surface area contributed by atoms with Crippen LogP contribution in [-0.2, 0) is 16.6 Å². The summed E-state index contributed by atoms with van der Waals surface area (Å²) in [5, 5.41) is 0. The van der Waals surface area contributed by atoms with Crippen LogP contribution < -0.4 is 0 Å². The summed E-state index contributed by atoms with van der Waals surface area (Å²) >= 11 is 0. The lowest BCUT2D eigenvalue weighted by Gasteiger charge is -2.39. The van der Waals surface area contributed by atoms with Crippen LogP contribution in [0.5, 0.6) is 0 Å². The van der Waals surface area contributed by atoms with E-state index < -0.39 is 0 Å². The van der Waals surface area contributed by atoms with Gasteiger partial charge in [0.15, 0.2) is 0 Å². The molecule has 28 heavy (non-hydrogen) atoms. The van der Waals surface area contributed by atoms with Crippen molar-refractivity contribution in [3.05, 3.63) is 53.5 Å². The molecule has 2 fully saturated rings. The fourth-order valence-electron chi connectivity index (χ4n) is 4.36. The maximum Gasteiger partial charge on any atom is 0.236 e. The highest BCUT2D eigenvalue weighted by atomic mass is 19.1. The average Bonchev–Trinajstić information content (AvgIpc) is 3.36. The average molecular weight is 385 g/mol. The fraction of sp³-hybridized carbons (Fsp3) is 0.545. The molecule has 0 aliphatic carbocycles. The number of amides is 1. The third-order valence-electron chi connectivity index (χ3n) is 6.00. The van der Waals surface area contributed by atoms with Gasteiger partial charge in [0, 0.05) is 19.5 Å². The third kappa shape index (κ3) is 4.12. The Bertz CT molecular complexity index is 831. The highest BCUT2D eigenvalue weighted by molar-refractivity contribution is 5.78. The van der Waals surface area contributed by atoms with Crippen LogP contribution in [0.4, 0.5) is 4.39 Å². The minimum Gasteiger partial charge on any atom is -0.445 e. The zero-order valence-corrected chi connectivity index (χ0v) is 16.5. The number of halogens is 1. The standard InChI is InChI=1S/C22H28FN3O2/c1-22(9-6-12-26(16-22)20(27)15-25-10-4-5-11-25)21-24-14-18(28-21)13-17-7-2-3-8-19(17)23/h2-3,7-8,14H,4-6,9-13,15-16H2,1H3/t22-/m1/s1. The number of rotatable bonds is 5. The summed E-state index contributed by atoms with van der Waals surface area (Å²) in [6, 6.07) is 6.72. The second-order valence-corrected chi connectivity index (χ2v) is 8.36. The van der Waals surface area contributed by atoms with Gasteiger partial charge >= 0.3 is 0 Å². The molecule has 2 saturated heterocycles. The van der Waals surface area contributed by atoms with Gasteiger partial charge in [-0.05, 0) is 57.3 Å². The van der Waals surface area contributed by atoms with Crippen LogP contribution in [0.1, 0.15) is 49.8 Å². The molecule has 5 nitrogen and oxygen atoms in total. The van der Waals surface area contributed by atoms with Gasteiger partial charge < -0.3 is 9.32 Å². The summed E-state index contributed by atoms with van der Waals surface area (Å²) in [6.45, 7) is 6.09. The molecule has 0 radical (unpaired) electrons. The second-order valence-electron chi connectivity index (χ2n) is 8.36. The predicted octanol–water partition coefficient (Wildman–Crippen LogP) is 3.38. The van der Waals surface area contributed by atoms with Crippen molar-refractivity contribution in [3.8, 4) is 0 Å². The zero-order valence-electron chi connectivity index (χ0n) is 16.5. The number of oxazole rings is 1. The molecule has 2 aliphatic heterocycles. The van der Waals surface area contributed by atoms with Crippen LogP contribution >= 0.6 is 0 Å². The number of nitrogens with zero attached hydrogens (tertiary/aromatic N) is 3. The molecule has 1 amide bonds. The monoisotopic (exact) mass is 385 g/mol. The van der Waals surface area contributed by atoms with E-state index >= 15 is 0 Å². The van der Waals surface area contributed by atoms with Gasteiger partial charge in [-0.3, -0.25) is 9.69 Å². The lowest BCUT2D eigenvalue weighted by molar-refractivity contribution is -0.134. The summed E-state index contributed by atoms with van der Waals surface area (Å²) < 4.78 is 19.9. The van der Waals surface area contributed by atoms with E-state index in [2.05, 4.69) is 16.8 Å². The molecule has 2 aliphatic rings. The van der Waals surface area contributed by atoms with Gasteiger partial charge in [-0.2, -0.15) is 0 Å². The Kier molecular flexibility index (Phi) is 5.49. The van der Waals surface area contributed by atoms with Gasteiger partial charge in [0.25, 0.3) is 0 Å². The van der Waals surface area contributed by atoms with E-state index in [0.29, 0.717) is 36.7 Å². The van der Waals surface area contributed by atoms with Gasteiger partial charge in [-0.25, -0.2) is 9.37 Å². The molecule has 6 heteroatoms. The Hall–Kier alpha value is -2.21. The smallest absolute Gasteiger partial charge is 0.236 e. The summed E-state index contributed by atoms with van der Waals surface area (Å²) in [6.07, 6.45) is 6.32. The van der Waals surface area contributed by atoms with Crippen LogP contribution in [0.2, 0.25) is 0 Å². The van der Waals surface area contributed by atoms with Crippen molar-refractivity contribution >= 4 is 5.91 Å². The Morgan fingerprint density at radius 1 is 1.21 bits per heavy atom. The minimum absolute atomic E-state index is 0.200. The maximum atomic E-state index is 13.9. The van der Waals surface area contributed by atoms with E-state index in [-0.39, 0.29) is 17.1 Å². The van der Waals surface area contributed by atoms with Crippen LogP contribution in [0.25, 0.3) is 0 Å². The number of carbonyl (C=O) groups excluding carboxylic acids is 1. The highest BCUT2D eigenvalue weighted by Crippen LogP contribution is 2.34. The normalized spacial score (nSPS) is 23.3. The number of benzene rings is 1. The maximum absolute atomic E-state index is 13.9. The molecule has 0 bridgehead atoms. The molecule has 3 heterocycles. The lowest BCUT2D eigenvalue weighted by atomic mass is 9.81. The van der Waals surface area contributed by atoms with Crippen molar-refractivity contribution < 1.29 is 13.6 Å². The highest BCUT2D eigenvalue weighted by Gasteiger charge is 2.38. The Balaban J connectivity index is 1.43. The topological polar surface area (TPSA) is 49.6 Å². The number of hydrogen-bond acceptors (Lipinski definition) is 4. The lowest BCUT2D eigenvalue weighted by Crippen LogP contribution is -2.49. The largest absolute Gasteiger partial charge is 0.445 e. The van der Waals surface area contributed by atoms with Crippen LogP contribution in [0.3, 0.4) is 0 Å². The van der Waals surface area contributed by atoms with Crippen molar-refractivity contribution in [3.63, 3.8) is 0 Å². The Morgan fingerprint density at radius 2 is 2.00 bits per heavy atom. The van der Waals surface area contributed by atoms with E-state index in [9.17, 15) is 9.18 Å². The van der Waals surface area contributed by atoms with Gasteiger partial charge in [0.05, 0.1) is 18.2 Å². The zero-order chi connectivity index (χ0) is 19.6. The second kappa shape index (κ2) is 8.03. The molecular formula is C22H28FN3O2. The Morgan fingerprint density at radius 3 is 2.79 bits per heavy atom. The van der Waals surface area contributed by atoms with Crippen LogP contribution in [-0.4, -0.2) is 53.4 Å². The first-order valence-electron chi connectivity index (χ1n) is 10.2. The number of hydrogen-bond donors (Lipinski definition) is 0. The summed E-state index contributed by atoms with van der Waals surface area (Å²) in [4.78, 5) is 21.4. The summed E-state index contributed by atoms with van der Waals surface area (Å²) in [5.41, 5.74) is 0.299. The van der Waals surface area contributed by atoms with Crippen LogP contribution in [0, 0.1) is 5.82 Å². The van der Waals surface area contributed by atoms with Gasteiger partial charge in [0.2, 0.25) is 11.8 Å². The van der Waals surface area contributed by atoms with E-state index in [4.69, 9.17) is 4.42 Å². The van der Waals surface area contributed by atoms with E-state index in [1.165, 1.54) is 18.9 Å². The first kappa shape index (κ1) is 19.1. The van der Waals surface area contributed by atoms with Crippen molar-refractivity contribution in [1.29, 1.82) is 0 Å². The first-order valence-corrected chi connectivity index (χ1v) is 10.2. The van der Waals surface area contributed by atoms with Gasteiger partial charge in [-0.15, -0.1) is 0 Å².